The summed E-state index contributed by atoms with van der Waals surface area (Å²) in [6, 6.07) is 5.14. The van der Waals surface area contributed by atoms with Crippen molar-refractivity contribution in [2.24, 2.45) is 7.05 Å². The van der Waals surface area contributed by atoms with Gasteiger partial charge in [-0.25, -0.2) is 9.59 Å². The summed E-state index contributed by atoms with van der Waals surface area (Å²) < 4.78 is 8.62. The van der Waals surface area contributed by atoms with Gasteiger partial charge >= 0.3 is 11.8 Å². The number of carbonyl (C=O) groups excluding carboxylic acids is 1. The van der Waals surface area contributed by atoms with E-state index in [2.05, 4.69) is 25.4 Å². The normalized spacial score (nSPS) is 15.1. The monoisotopic (exact) mass is 370 g/mol. The summed E-state index contributed by atoms with van der Waals surface area (Å²) in [7, 11) is 1.64. The van der Waals surface area contributed by atoms with Crippen LogP contribution in [-0.4, -0.2) is 25.4 Å². The van der Waals surface area contributed by atoms with E-state index < -0.39 is 5.76 Å². The van der Waals surface area contributed by atoms with Gasteiger partial charge in [0.05, 0.1) is 12.1 Å². The molecule has 0 atom stereocenters. The highest BCUT2D eigenvalue weighted by atomic mass is 16.4. The van der Waals surface area contributed by atoms with Crippen LogP contribution < -0.4 is 16.4 Å². The standard InChI is InChI=1S/C18H22N6O3/c1-23-14-8-7-12(9-15(14)27-18(23)26)21-17(25)19-10-16-22-20-11-24(16)13-5-3-2-4-6-13/h7-9,11,13H,2-6,10H2,1H3,(H2,19,21,25). The maximum absolute atomic E-state index is 12.2. The number of hydrogen-bond acceptors (Lipinski definition) is 5. The number of nitrogens with zero attached hydrogens (tertiary/aromatic N) is 4. The highest BCUT2D eigenvalue weighted by Gasteiger charge is 2.18. The molecule has 1 aliphatic rings. The van der Waals surface area contributed by atoms with Crippen molar-refractivity contribution in [2.45, 2.75) is 44.7 Å². The third kappa shape index (κ3) is 3.57. The Balaban J connectivity index is 1.39. The molecule has 2 heterocycles. The van der Waals surface area contributed by atoms with Gasteiger partial charge < -0.3 is 19.6 Å². The highest BCUT2D eigenvalue weighted by molar-refractivity contribution is 5.91. The number of rotatable bonds is 4. The van der Waals surface area contributed by atoms with Gasteiger partial charge in [-0.05, 0) is 25.0 Å². The molecule has 1 aromatic carbocycles. The first-order valence-corrected chi connectivity index (χ1v) is 9.14. The summed E-state index contributed by atoms with van der Waals surface area (Å²) in [5.41, 5.74) is 1.65. The van der Waals surface area contributed by atoms with Crippen molar-refractivity contribution < 1.29 is 9.21 Å². The first-order valence-electron chi connectivity index (χ1n) is 9.14. The molecule has 142 valence electrons. The van der Waals surface area contributed by atoms with Crippen LogP contribution in [0.3, 0.4) is 0 Å². The van der Waals surface area contributed by atoms with Crippen molar-refractivity contribution in [2.75, 3.05) is 5.32 Å². The summed E-state index contributed by atoms with van der Waals surface area (Å²) in [6.45, 7) is 0.297. The largest absolute Gasteiger partial charge is 0.419 e. The average Bonchev–Trinajstić information content (AvgIpc) is 3.25. The summed E-state index contributed by atoms with van der Waals surface area (Å²) in [4.78, 5) is 23.8. The zero-order valence-electron chi connectivity index (χ0n) is 15.1. The number of aromatic nitrogens is 4. The minimum Gasteiger partial charge on any atom is -0.408 e. The maximum Gasteiger partial charge on any atom is 0.419 e. The van der Waals surface area contributed by atoms with Crippen LogP contribution in [0.25, 0.3) is 11.1 Å². The Morgan fingerprint density at radius 1 is 1.30 bits per heavy atom. The summed E-state index contributed by atoms with van der Waals surface area (Å²) in [5, 5.41) is 13.7. The molecule has 1 fully saturated rings. The van der Waals surface area contributed by atoms with E-state index >= 15 is 0 Å². The Morgan fingerprint density at radius 3 is 2.93 bits per heavy atom. The van der Waals surface area contributed by atoms with Crippen molar-refractivity contribution in [1.29, 1.82) is 0 Å². The van der Waals surface area contributed by atoms with E-state index in [0.29, 0.717) is 29.4 Å². The number of urea groups is 1. The molecule has 9 nitrogen and oxygen atoms in total. The first-order chi connectivity index (χ1) is 13.1. The Bertz CT molecular complexity index is 1010. The Hall–Kier alpha value is -3.10. The van der Waals surface area contributed by atoms with Crippen molar-refractivity contribution in [3.63, 3.8) is 0 Å². The molecule has 9 heteroatoms. The molecule has 3 aromatic rings. The molecule has 4 rings (SSSR count). The lowest BCUT2D eigenvalue weighted by Crippen LogP contribution is -2.30. The van der Waals surface area contributed by atoms with Gasteiger partial charge in [0.25, 0.3) is 0 Å². The molecular weight excluding hydrogens is 348 g/mol. The Labute approximate surface area is 155 Å². The number of hydrogen-bond donors (Lipinski definition) is 2. The van der Waals surface area contributed by atoms with Crippen LogP contribution in [0.1, 0.15) is 44.0 Å². The molecule has 2 aromatic heterocycles. The van der Waals surface area contributed by atoms with Crippen molar-refractivity contribution in [3.05, 3.63) is 40.9 Å². The second-order valence-corrected chi connectivity index (χ2v) is 6.86. The number of oxazole rings is 1. The number of benzene rings is 1. The molecule has 0 unspecified atom stereocenters. The van der Waals surface area contributed by atoms with Crippen LogP contribution in [0, 0.1) is 0 Å². The number of carbonyl (C=O) groups is 1. The summed E-state index contributed by atoms with van der Waals surface area (Å²) in [6.07, 6.45) is 7.71. The maximum atomic E-state index is 12.2. The molecule has 0 radical (unpaired) electrons. The van der Waals surface area contributed by atoms with E-state index in [9.17, 15) is 9.59 Å². The zero-order chi connectivity index (χ0) is 18.8. The van der Waals surface area contributed by atoms with Crippen LogP contribution in [-0.2, 0) is 13.6 Å². The predicted octanol–water partition coefficient (Wildman–Crippen LogP) is 2.55. The smallest absolute Gasteiger partial charge is 0.408 e. The molecule has 27 heavy (non-hydrogen) atoms. The summed E-state index contributed by atoms with van der Waals surface area (Å²) >= 11 is 0. The fraction of sp³-hybridized carbons (Fsp3) is 0.444. The van der Waals surface area contributed by atoms with Gasteiger partial charge in [-0.1, -0.05) is 19.3 Å². The van der Waals surface area contributed by atoms with Gasteiger partial charge in [0.15, 0.2) is 11.4 Å². The minimum atomic E-state index is -0.436. The quantitative estimate of drug-likeness (QED) is 0.734. The fourth-order valence-electron chi connectivity index (χ4n) is 3.60. The van der Waals surface area contributed by atoms with Gasteiger partial charge in [0.2, 0.25) is 0 Å². The lowest BCUT2D eigenvalue weighted by atomic mass is 9.95. The number of anilines is 1. The fourth-order valence-corrected chi connectivity index (χ4v) is 3.60. The number of nitrogens with one attached hydrogen (secondary N) is 2. The van der Waals surface area contributed by atoms with E-state index in [1.54, 1.807) is 31.6 Å². The zero-order valence-corrected chi connectivity index (χ0v) is 15.1. The van der Waals surface area contributed by atoms with E-state index in [0.717, 1.165) is 18.7 Å². The van der Waals surface area contributed by atoms with Crippen LogP contribution >= 0.6 is 0 Å². The molecule has 1 aliphatic carbocycles. The second kappa shape index (κ2) is 7.26. The first kappa shape index (κ1) is 17.3. The predicted molar refractivity (Wildman–Crippen MR) is 99.5 cm³/mol. The lowest BCUT2D eigenvalue weighted by Gasteiger charge is -2.24. The van der Waals surface area contributed by atoms with Gasteiger partial charge in [0.1, 0.15) is 6.33 Å². The van der Waals surface area contributed by atoms with Crippen molar-refractivity contribution in [3.8, 4) is 0 Å². The lowest BCUT2D eigenvalue weighted by molar-refractivity contribution is 0.251. The van der Waals surface area contributed by atoms with Gasteiger partial charge in [-0.2, -0.15) is 0 Å². The topological polar surface area (TPSA) is 107 Å². The van der Waals surface area contributed by atoms with Gasteiger partial charge in [-0.3, -0.25) is 4.57 Å². The number of fused-ring (bicyclic) bond motifs is 1. The molecule has 0 aliphatic heterocycles. The van der Waals surface area contributed by atoms with Crippen LogP contribution in [0.15, 0.2) is 33.7 Å². The Kier molecular flexibility index (Phi) is 4.66. The molecule has 2 N–H and O–H groups in total. The molecule has 0 bridgehead atoms. The number of amides is 2. The molecule has 1 saturated carbocycles. The molecule has 0 spiro atoms. The van der Waals surface area contributed by atoms with Gasteiger partial charge in [0, 0.05) is 24.8 Å². The van der Waals surface area contributed by atoms with E-state index in [1.165, 1.54) is 23.8 Å². The van der Waals surface area contributed by atoms with E-state index in [-0.39, 0.29) is 6.03 Å². The van der Waals surface area contributed by atoms with Crippen LogP contribution in [0.4, 0.5) is 10.5 Å². The molecule has 2 amide bonds. The van der Waals surface area contributed by atoms with Crippen molar-refractivity contribution >= 4 is 22.8 Å². The molecular formula is C18H22N6O3. The SMILES string of the molecule is Cn1c(=O)oc2cc(NC(=O)NCc3nncn3C3CCCCC3)ccc21. The third-order valence-electron chi connectivity index (χ3n) is 5.07. The summed E-state index contributed by atoms with van der Waals surface area (Å²) in [5.74, 6) is 0.315. The highest BCUT2D eigenvalue weighted by Crippen LogP contribution is 2.28. The van der Waals surface area contributed by atoms with E-state index in [1.807, 2.05) is 0 Å². The Morgan fingerprint density at radius 2 is 2.11 bits per heavy atom. The third-order valence-corrected chi connectivity index (χ3v) is 5.07. The van der Waals surface area contributed by atoms with Gasteiger partial charge in [-0.15, -0.1) is 10.2 Å². The average molecular weight is 370 g/mol. The second-order valence-electron chi connectivity index (χ2n) is 6.86. The minimum absolute atomic E-state index is 0.297. The molecule has 0 saturated heterocycles. The van der Waals surface area contributed by atoms with Crippen LogP contribution in [0.2, 0.25) is 0 Å². The van der Waals surface area contributed by atoms with Crippen molar-refractivity contribution in [1.82, 2.24) is 24.6 Å². The van der Waals surface area contributed by atoms with E-state index in [4.69, 9.17) is 4.42 Å². The number of aryl methyl sites for hydroxylation is 1. The van der Waals surface area contributed by atoms with Crippen LogP contribution in [0.5, 0.6) is 0 Å².